The second kappa shape index (κ2) is 4.12. The van der Waals surface area contributed by atoms with Gasteiger partial charge < -0.3 is 0 Å². The fraction of sp³-hybridized carbons (Fsp3) is 0.250. The molecule has 1 spiro atoms. The first-order valence-corrected chi connectivity index (χ1v) is 8.35. The van der Waals surface area contributed by atoms with Crippen LogP contribution in [0, 0.1) is 22.7 Å². The molecule has 3 aliphatic rings. The van der Waals surface area contributed by atoms with Crippen molar-refractivity contribution in [1.82, 2.24) is 0 Å². The minimum Gasteiger partial charge on any atom is -0.192 e. The van der Waals surface area contributed by atoms with E-state index in [1.54, 1.807) is 23.1 Å². The van der Waals surface area contributed by atoms with Gasteiger partial charge in [0.25, 0.3) is 0 Å². The monoisotopic (exact) mass is 294 g/mol. The Morgan fingerprint density at radius 2 is 2.05 bits per heavy atom. The molecule has 2 aliphatic carbocycles. The molecule has 0 amide bonds. The largest absolute Gasteiger partial charge is 0.192 e. The lowest BCUT2D eigenvalue weighted by molar-refractivity contribution is 0.853. The highest BCUT2D eigenvalue weighted by atomic mass is 32.2. The number of fused-ring (bicyclic) bond motifs is 3. The molecule has 2 nitrogen and oxygen atoms in total. The maximum absolute atomic E-state index is 9.30. The Kier molecular flexibility index (Phi) is 2.48. The third-order valence-electron chi connectivity index (χ3n) is 4.19. The predicted molar refractivity (Wildman–Crippen MR) is 82.0 cm³/mol. The number of nitrogens with zero attached hydrogens (tertiary/aromatic N) is 2. The van der Waals surface area contributed by atoms with E-state index in [0.29, 0.717) is 0 Å². The zero-order valence-electron chi connectivity index (χ0n) is 10.6. The average molecular weight is 294 g/mol. The fourth-order valence-electron chi connectivity index (χ4n) is 3.16. The second-order valence-corrected chi connectivity index (χ2v) is 7.12. The normalized spacial score (nSPS) is 21.0. The van der Waals surface area contributed by atoms with Crippen molar-refractivity contribution in [3.05, 3.63) is 50.1 Å². The fourth-order valence-corrected chi connectivity index (χ4v) is 5.47. The zero-order valence-corrected chi connectivity index (χ0v) is 12.3. The van der Waals surface area contributed by atoms with E-state index < -0.39 is 0 Å². The molecule has 1 aromatic rings. The number of allylic oxidation sites excluding steroid dienone is 4. The van der Waals surface area contributed by atoms with E-state index in [2.05, 4.69) is 35.7 Å². The van der Waals surface area contributed by atoms with Crippen molar-refractivity contribution in [1.29, 1.82) is 10.5 Å². The molecule has 1 saturated carbocycles. The summed E-state index contributed by atoms with van der Waals surface area (Å²) in [5.74, 6) is 0.919. The van der Waals surface area contributed by atoms with E-state index in [9.17, 15) is 10.5 Å². The summed E-state index contributed by atoms with van der Waals surface area (Å²) in [5, 5.41) is 20.7. The maximum Gasteiger partial charge on any atom is 0.138 e. The lowest BCUT2D eigenvalue weighted by Gasteiger charge is -2.30. The van der Waals surface area contributed by atoms with Crippen LogP contribution < -0.4 is 0 Å². The molecule has 1 aromatic heterocycles. The van der Waals surface area contributed by atoms with Crippen molar-refractivity contribution in [3.63, 3.8) is 0 Å². The SMILES string of the molecule is N#CC(C#N)=C1C2=C(C=CCS2)C2(CC2)c2sccc21. The van der Waals surface area contributed by atoms with Crippen LogP contribution in [0.3, 0.4) is 0 Å². The summed E-state index contributed by atoms with van der Waals surface area (Å²) in [6.45, 7) is 0. The first kappa shape index (κ1) is 12.0. The maximum atomic E-state index is 9.30. The van der Waals surface area contributed by atoms with E-state index >= 15 is 0 Å². The number of nitriles is 2. The Balaban J connectivity index is 2.10. The third-order valence-corrected chi connectivity index (χ3v) is 6.38. The molecular weight excluding hydrogens is 284 g/mol. The van der Waals surface area contributed by atoms with E-state index in [-0.39, 0.29) is 11.0 Å². The van der Waals surface area contributed by atoms with Gasteiger partial charge in [0.1, 0.15) is 17.7 Å². The Bertz CT molecular complexity index is 773. The van der Waals surface area contributed by atoms with Gasteiger partial charge in [-0.05, 0) is 35.4 Å². The van der Waals surface area contributed by atoms with Gasteiger partial charge in [0.05, 0.1) is 0 Å². The third kappa shape index (κ3) is 1.38. The van der Waals surface area contributed by atoms with Gasteiger partial charge in [-0.3, -0.25) is 0 Å². The molecule has 0 aromatic carbocycles. The van der Waals surface area contributed by atoms with Gasteiger partial charge in [-0.2, -0.15) is 10.5 Å². The first-order chi connectivity index (χ1) is 9.81. The Morgan fingerprint density at radius 3 is 2.75 bits per heavy atom. The van der Waals surface area contributed by atoms with Gasteiger partial charge in [-0.1, -0.05) is 12.2 Å². The number of hydrogen-bond acceptors (Lipinski definition) is 4. The highest BCUT2D eigenvalue weighted by Crippen LogP contribution is 2.64. The summed E-state index contributed by atoms with van der Waals surface area (Å²) < 4.78 is 0. The van der Waals surface area contributed by atoms with Gasteiger partial charge in [0, 0.05) is 26.5 Å². The second-order valence-electron chi connectivity index (χ2n) is 5.18. The molecule has 0 bridgehead atoms. The lowest BCUT2D eigenvalue weighted by atomic mass is 9.81. The number of rotatable bonds is 0. The van der Waals surface area contributed by atoms with Crippen molar-refractivity contribution in [2.45, 2.75) is 18.3 Å². The molecule has 0 N–H and O–H groups in total. The first-order valence-electron chi connectivity index (χ1n) is 6.49. The quantitative estimate of drug-likeness (QED) is 0.675. The summed E-state index contributed by atoms with van der Waals surface area (Å²) in [4.78, 5) is 2.51. The van der Waals surface area contributed by atoms with Gasteiger partial charge in [0.15, 0.2) is 0 Å². The van der Waals surface area contributed by atoms with Crippen molar-refractivity contribution in [2.24, 2.45) is 0 Å². The summed E-state index contributed by atoms with van der Waals surface area (Å²) >= 11 is 3.52. The van der Waals surface area contributed by atoms with Crippen molar-refractivity contribution >= 4 is 28.7 Å². The highest BCUT2D eigenvalue weighted by Gasteiger charge is 2.53. The summed E-state index contributed by atoms with van der Waals surface area (Å²) in [7, 11) is 0. The van der Waals surface area contributed by atoms with Gasteiger partial charge in [0.2, 0.25) is 0 Å². The number of hydrogen-bond donors (Lipinski definition) is 0. The van der Waals surface area contributed by atoms with Crippen LogP contribution in [-0.2, 0) is 5.41 Å². The van der Waals surface area contributed by atoms with Crippen molar-refractivity contribution in [3.8, 4) is 12.1 Å². The van der Waals surface area contributed by atoms with Gasteiger partial charge in [-0.25, -0.2) is 0 Å². The minimum absolute atomic E-state index is 0.183. The Morgan fingerprint density at radius 1 is 1.25 bits per heavy atom. The summed E-state index contributed by atoms with van der Waals surface area (Å²) in [6, 6.07) is 6.25. The molecule has 0 saturated heterocycles. The van der Waals surface area contributed by atoms with Crippen LogP contribution >= 0.6 is 23.1 Å². The van der Waals surface area contributed by atoms with E-state index in [1.807, 2.05) is 0 Å². The van der Waals surface area contributed by atoms with Crippen LogP contribution in [0.5, 0.6) is 0 Å². The van der Waals surface area contributed by atoms with Crippen molar-refractivity contribution < 1.29 is 0 Å². The van der Waals surface area contributed by atoms with E-state index in [0.717, 1.165) is 21.8 Å². The molecule has 4 heteroatoms. The lowest BCUT2D eigenvalue weighted by Crippen LogP contribution is -2.18. The van der Waals surface area contributed by atoms with Crippen LogP contribution in [0.25, 0.3) is 5.57 Å². The highest BCUT2D eigenvalue weighted by molar-refractivity contribution is 8.03. The summed E-state index contributed by atoms with van der Waals surface area (Å²) in [5.41, 5.74) is 3.75. The Hall–Kier alpha value is -1.75. The van der Waals surface area contributed by atoms with Crippen LogP contribution in [-0.4, -0.2) is 5.75 Å². The molecule has 4 rings (SSSR count). The van der Waals surface area contributed by atoms with Crippen LogP contribution in [0.4, 0.5) is 0 Å². The minimum atomic E-state index is 0.183. The average Bonchev–Trinajstić information content (AvgIpc) is 3.13. The molecule has 0 atom stereocenters. The topological polar surface area (TPSA) is 47.6 Å². The number of thioether (sulfide) groups is 1. The number of thiophene rings is 1. The van der Waals surface area contributed by atoms with Gasteiger partial charge in [-0.15, -0.1) is 23.1 Å². The molecule has 2 heterocycles. The molecule has 0 radical (unpaired) electrons. The molecular formula is C16H10N2S2. The predicted octanol–water partition coefficient (Wildman–Crippen LogP) is 4.15. The Labute approximate surface area is 125 Å². The molecule has 0 unspecified atom stereocenters. The standard InChI is InChI=1S/C16H10N2S2/c17-8-10(9-18)13-11-3-7-20-15(11)16(4-5-16)12-2-1-6-19-14(12)13/h1-3,7H,4-6H2. The van der Waals surface area contributed by atoms with Crippen molar-refractivity contribution in [2.75, 3.05) is 5.75 Å². The van der Waals surface area contributed by atoms with Gasteiger partial charge >= 0.3 is 0 Å². The molecule has 1 fully saturated rings. The van der Waals surface area contributed by atoms with E-state index in [1.165, 1.54) is 23.3 Å². The van der Waals surface area contributed by atoms with Crippen LogP contribution in [0.2, 0.25) is 0 Å². The van der Waals surface area contributed by atoms with Crippen LogP contribution in [0.15, 0.2) is 39.6 Å². The summed E-state index contributed by atoms with van der Waals surface area (Å²) in [6.07, 6.45) is 6.78. The zero-order chi connectivity index (χ0) is 13.7. The molecule has 1 aliphatic heterocycles. The molecule has 20 heavy (non-hydrogen) atoms. The van der Waals surface area contributed by atoms with Crippen LogP contribution in [0.1, 0.15) is 23.3 Å². The smallest absolute Gasteiger partial charge is 0.138 e. The molecule has 96 valence electrons. The van der Waals surface area contributed by atoms with E-state index in [4.69, 9.17) is 0 Å².